The van der Waals surface area contributed by atoms with Gasteiger partial charge in [-0.05, 0) is 30.5 Å². The van der Waals surface area contributed by atoms with Crippen molar-refractivity contribution in [3.05, 3.63) is 48.0 Å². The molecule has 0 aliphatic heterocycles. The molecule has 0 aliphatic rings. The molecule has 82 valence electrons. The normalized spacial score (nSPS) is 11.8. The Morgan fingerprint density at radius 3 is 2.75 bits per heavy atom. The molecule has 3 nitrogen and oxygen atoms in total. The number of nitrogens with one attached hydrogen (secondary N) is 1. The van der Waals surface area contributed by atoms with E-state index in [1.807, 2.05) is 0 Å². The Morgan fingerprint density at radius 2 is 2.19 bits per heavy atom. The monoisotopic (exact) mass is 221 g/mol. The van der Waals surface area contributed by atoms with Gasteiger partial charge in [-0.3, -0.25) is 13.6 Å². The first-order valence-corrected chi connectivity index (χ1v) is 4.80. The molecule has 0 amide bonds. The van der Waals surface area contributed by atoms with E-state index < -0.39 is 7.40 Å². The first kappa shape index (κ1) is 10.7. The van der Waals surface area contributed by atoms with Crippen LogP contribution in [0.1, 0.15) is 11.4 Å². The molecular formula is C10H10BF2N3. The van der Waals surface area contributed by atoms with Gasteiger partial charge in [0.05, 0.1) is 11.4 Å². The van der Waals surface area contributed by atoms with Gasteiger partial charge in [-0.15, -0.1) is 0 Å². The third kappa shape index (κ3) is 1.78. The van der Waals surface area contributed by atoms with Crippen LogP contribution in [0, 0.1) is 0 Å². The summed E-state index contributed by atoms with van der Waals surface area (Å²) in [6.07, 6.45) is 3.07. The Labute approximate surface area is 92.0 Å². The molecule has 0 aromatic carbocycles. The largest absolute Gasteiger partial charge is 0.677 e. The van der Waals surface area contributed by atoms with Crippen LogP contribution in [0.2, 0.25) is 0 Å². The van der Waals surface area contributed by atoms with Gasteiger partial charge >= 0.3 is 7.40 Å². The molecule has 2 rings (SSSR count). The van der Waals surface area contributed by atoms with Crippen LogP contribution >= 0.6 is 0 Å². The van der Waals surface area contributed by atoms with Gasteiger partial charge in [-0.2, -0.15) is 0 Å². The second-order valence-electron chi connectivity index (χ2n) is 3.23. The maximum Gasteiger partial charge on any atom is 0.677 e. The minimum absolute atomic E-state index is 0.403. The standard InChI is InChI=1S/C10H10BF2N3/c1-14-10(8-4-2-6-15-8)9-5-3-7-16(9)11(12)13/h2-7,15H,1H3. The van der Waals surface area contributed by atoms with Crippen molar-refractivity contribution in [1.29, 1.82) is 0 Å². The topological polar surface area (TPSA) is 33.1 Å². The molecule has 0 radical (unpaired) electrons. The summed E-state index contributed by atoms with van der Waals surface area (Å²) in [6, 6.07) is 6.80. The van der Waals surface area contributed by atoms with Crippen LogP contribution in [-0.4, -0.2) is 29.6 Å². The summed E-state index contributed by atoms with van der Waals surface area (Å²) >= 11 is 0. The van der Waals surface area contributed by atoms with E-state index in [2.05, 4.69) is 9.98 Å². The van der Waals surface area contributed by atoms with Gasteiger partial charge in [0.25, 0.3) is 0 Å². The number of nitrogens with zero attached hydrogens (tertiary/aromatic N) is 2. The third-order valence-corrected chi connectivity index (χ3v) is 2.31. The van der Waals surface area contributed by atoms with Crippen molar-refractivity contribution in [3.8, 4) is 0 Å². The Balaban J connectivity index is 2.46. The average Bonchev–Trinajstić information content (AvgIpc) is 2.88. The van der Waals surface area contributed by atoms with Crippen LogP contribution < -0.4 is 0 Å². The molecule has 1 N–H and O–H groups in total. The van der Waals surface area contributed by atoms with Crippen molar-refractivity contribution in [2.45, 2.75) is 0 Å². The molecule has 0 saturated carbocycles. The molecular weight excluding hydrogens is 211 g/mol. The number of hydrogen-bond donors (Lipinski definition) is 1. The second-order valence-corrected chi connectivity index (χ2v) is 3.23. The molecule has 0 aliphatic carbocycles. The van der Waals surface area contributed by atoms with Crippen molar-refractivity contribution in [1.82, 2.24) is 9.46 Å². The minimum atomic E-state index is -2.56. The lowest BCUT2D eigenvalue weighted by Crippen LogP contribution is -2.19. The lowest BCUT2D eigenvalue weighted by atomic mass is 10.1. The molecule has 2 aromatic heterocycles. The van der Waals surface area contributed by atoms with Crippen LogP contribution in [-0.2, 0) is 0 Å². The van der Waals surface area contributed by atoms with Crippen LogP contribution in [0.25, 0.3) is 0 Å². The van der Waals surface area contributed by atoms with Crippen molar-refractivity contribution in [2.75, 3.05) is 7.05 Å². The first-order chi connectivity index (χ1) is 7.74. The molecule has 0 saturated heterocycles. The van der Waals surface area contributed by atoms with Gasteiger partial charge in [-0.1, -0.05) is 0 Å². The van der Waals surface area contributed by atoms with E-state index in [1.54, 1.807) is 37.5 Å². The zero-order valence-electron chi connectivity index (χ0n) is 8.69. The number of halogens is 2. The summed E-state index contributed by atoms with van der Waals surface area (Å²) in [6.45, 7) is 0. The second kappa shape index (κ2) is 4.34. The molecule has 2 heterocycles. The highest BCUT2D eigenvalue weighted by Crippen LogP contribution is 2.12. The molecule has 0 unspecified atom stereocenters. The minimum Gasteiger partial charge on any atom is -0.360 e. The van der Waals surface area contributed by atoms with Crippen LogP contribution in [0.5, 0.6) is 0 Å². The Bertz CT molecular complexity index is 488. The summed E-state index contributed by atoms with van der Waals surface area (Å²) < 4.78 is 26.3. The maximum atomic E-state index is 12.7. The maximum absolute atomic E-state index is 12.7. The molecule has 16 heavy (non-hydrogen) atoms. The fourth-order valence-electron chi connectivity index (χ4n) is 1.62. The van der Waals surface area contributed by atoms with Crippen molar-refractivity contribution >= 4 is 13.1 Å². The number of H-pyrrole nitrogens is 1. The highest BCUT2D eigenvalue weighted by atomic mass is 19.2. The lowest BCUT2D eigenvalue weighted by Gasteiger charge is -2.07. The quantitative estimate of drug-likeness (QED) is 0.607. The number of rotatable bonds is 3. The Kier molecular flexibility index (Phi) is 2.89. The van der Waals surface area contributed by atoms with E-state index in [-0.39, 0.29) is 0 Å². The highest BCUT2D eigenvalue weighted by Gasteiger charge is 2.22. The van der Waals surface area contributed by atoms with Crippen LogP contribution in [0.3, 0.4) is 0 Å². The number of aromatic nitrogens is 2. The van der Waals surface area contributed by atoms with Gasteiger partial charge < -0.3 is 9.46 Å². The van der Waals surface area contributed by atoms with Crippen LogP contribution in [0.4, 0.5) is 8.63 Å². The van der Waals surface area contributed by atoms with Crippen molar-refractivity contribution < 1.29 is 8.63 Å². The zero-order chi connectivity index (χ0) is 11.5. The van der Waals surface area contributed by atoms with E-state index in [4.69, 9.17) is 0 Å². The fraction of sp³-hybridized carbons (Fsp3) is 0.100. The van der Waals surface area contributed by atoms with Gasteiger partial charge in [0.2, 0.25) is 0 Å². The summed E-state index contributed by atoms with van der Waals surface area (Å²) in [7, 11) is -0.976. The molecule has 0 bridgehead atoms. The van der Waals surface area contributed by atoms with Crippen LogP contribution in [0.15, 0.2) is 41.7 Å². The third-order valence-electron chi connectivity index (χ3n) is 2.31. The number of aliphatic imine (C=N–C) groups is 1. The molecule has 6 heteroatoms. The zero-order valence-corrected chi connectivity index (χ0v) is 8.69. The van der Waals surface area contributed by atoms with Gasteiger partial charge in [0.1, 0.15) is 5.71 Å². The number of aromatic amines is 1. The molecule has 0 fully saturated rings. The Hall–Kier alpha value is -1.85. The smallest absolute Gasteiger partial charge is 0.360 e. The first-order valence-electron chi connectivity index (χ1n) is 4.80. The average molecular weight is 221 g/mol. The predicted octanol–water partition coefficient (Wildman–Crippen LogP) is 2.06. The van der Waals surface area contributed by atoms with E-state index in [1.165, 1.54) is 6.20 Å². The molecule has 2 aromatic rings. The van der Waals surface area contributed by atoms with Gasteiger partial charge in [0.15, 0.2) is 0 Å². The SMILES string of the molecule is CN=C(c1ccc[nH]1)c1cccn1B(F)F. The van der Waals surface area contributed by atoms with Crippen molar-refractivity contribution in [3.63, 3.8) is 0 Å². The van der Waals surface area contributed by atoms with Gasteiger partial charge in [-0.25, -0.2) is 0 Å². The van der Waals surface area contributed by atoms with E-state index in [9.17, 15) is 8.63 Å². The molecule has 0 spiro atoms. The van der Waals surface area contributed by atoms with Gasteiger partial charge in [0, 0.05) is 13.2 Å². The number of hydrogen-bond acceptors (Lipinski definition) is 1. The predicted molar refractivity (Wildman–Crippen MR) is 60.2 cm³/mol. The lowest BCUT2D eigenvalue weighted by molar-refractivity contribution is 0.629. The fourth-order valence-corrected chi connectivity index (χ4v) is 1.62. The van der Waals surface area contributed by atoms with E-state index in [0.717, 1.165) is 10.2 Å². The van der Waals surface area contributed by atoms with E-state index >= 15 is 0 Å². The Morgan fingerprint density at radius 1 is 1.38 bits per heavy atom. The summed E-state index contributed by atoms with van der Waals surface area (Å²) in [5.74, 6) is 0. The molecule has 0 atom stereocenters. The van der Waals surface area contributed by atoms with E-state index in [0.29, 0.717) is 11.4 Å². The van der Waals surface area contributed by atoms with Crippen molar-refractivity contribution in [2.24, 2.45) is 4.99 Å². The highest BCUT2D eigenvalue weighted by molar-refractivity contribution is 6.42. The summed E-state index contributed by atoms with van der Waals surface area (Å²) in [5.41, 5.74) is 1.65. The summed E-state index contributed by atoms with van der Waals surface area (Å²) in [4.78, 5) is 7.00. The summed E-state index contributed by atoms with van der Waals surface area (Å²) in [5, 5.41) is 0.